The van der Waals surface area contributed by atoms with Crippen molar-refractivity contribution in [2.24, 2.45) is 0 Å². The highest BCUT2D eigenvalue weighted by Gasteiger charge is 2.18. The van der Waals surface area contributed by atoms with E-state index in [0.29, 0.717) is 0 Å². The molecule has 0 bridgehead atoms. The molecule has 0 fully saturated rings. The second kappa shape index (κ2) is 8.61. The molecule has 0 unspecified atom stereocenters. The summed E-state index contributed by atoms with van der Waals surface area (Å²) in [6.07, 6.45) is 0. The molecule has 1 aromatic carbocycles. The highest BCUT2D eigenvalue weighted by molar-refractivity contribution is 7.89. The third kappa shape index (κ3) is 5.97. The van der Waals surface area contributed by atoms with Crippen molar-refractivity contribution in [2.45, 2.75) is 17.9 Å². The highest BCUT2D eigenvalue weighted by Crippen LogP contribution is 2.12. The highest BCUT2D eigenvalue weighted by atomic mass is 32.2. The number of amides is 1. The second-order valence-electron chi connectivity index (χ2n) is 4.75. The van der Waals surface area contributed by atoms with Gasteiger partial charge in [-0.3, -0.25) is 4.79 Å². The Morgan fingerprint density at radius 3 is 2.35 bits per heavy atom. The Bertz CT molecular complexity index is 642. The van der Waals surface area contributed by atoms with Crippen molar-refractivity contribution in [2.75, 3.05) is 27.4 Å². The van der Waals surface area contributed by atoms with Crippen LogP contribution in [0, 0.1) is 0 Å². The van der Waals surface area contributed by atoms with Gasteiger partial charge in [-0.2, -0.15) is 0 Å². The largest absolute Gasteiger partial charge is 0.452 e. The van der Waals surface area contributed by atoms with Crippen LogP contribution in [-0.2, 0) is 24.3 Å². The Hall–Kier alpha value is -1.97. The van der Waals surface area contributed by atoms with E-state index < -0.39 is 28.5 Å². The summed E-state index contributed by atoms with van der Waals surface area (Å²) >= 11 is 0. The molecule has 0 radical (unpaired) electrons. The number of benzene rings is 1. The van der Waals surface area contributed by atoms with Crippen LogP contribution in [0.5, 0.6) is 0 Å². The minimum atomic E-state index is -3.70. The fourth-order valence-electron chi connectivity index (χ4n) is 1.67. The van der Waals surface area contributed by atoms with Crippen molar-refractivity contribution in [3.63, 3.8) is 0 Å². The molecule has 1 amide bonds. The van der Waals surface area contributed by atoms with Gasteiger partial charge in [-0.15, -0.1) is 0 Å². The summed E-state index contributed by atoms with van der Waals surface area (Å²) < 4.78 is 36.3. The van der Waals surface area contributed by atoms with E-state index in [0.717, 1.165) is 0 Å². The zero-order valence-electron chi connectivity index (χ0n) is 13.2. The minimum Gasteiger partial charge on any atom is -0.452 e. The van der Waals surface area contributed by atoms with Crippen molar-refractivity contribution in [1.29, 1.82) is 0 Å². The molecular formula is C14H20N2O6S. The second-order valence-corrected chi connectivity index (χ2v) is 6.47. The molecule has 128 valence electrons. The van der Waals surface area contributed by atoms with E-state index in [1.807, 2.05) is 0 Å². The van der Waals surface area contributed by atoms with Gasteiger partial charge in [0.1, 0.15) is 0 Å². The fourth-order valence-corrected chi connectivity index (χ4v) is 2.90. The molecule has 9 heteroatoms. The Balaban J connectivity index is 2.75. The van der Waals surface area contributed by atoms with Crippen LogP contribution in [0.15, 0.2) is 29.2 Å². The number of rotatable bonds is 8. The van der Waals surface area contributed by atoms with Gasteiger partial charge in [0.15, 0.2) is 6.61 Å². The number of carbonyl (C=O) groups is 2. The van der Waals surface area contributed by atoms with Gasteiger partial charge >= 0.3 is 5.97 Å². The van der Waals surface area contributed by atoms with E-state index in [-0.39, 0.29) is 23.1 Å². The lowest BCUT2D eigenvalue weighted by molar-refractivity contribution is -0.123. The van der Waals surface area contributed by atoms with Crippen LogP contribution in [-0.4, -0.2) is 53.7 Å². The monoisotopic (exact) mass is 344 g/mol. The van der Waals surface area contributed by atoms with Gasteiger partial charge in [0.2, 0.25) is 10.0 Å². The third-order valence-corrected chi connectivity index (χ3v) is 4.39. The first kappa shape index (κ1) is 19.1. The maximum absolute atomic E-state index is 12.1. The number of methoxy groups -OCH3 is 1. The van der Waals surface area contributed by atoms with Crippen LogP contribution in [0.3, 0.4) is 0 Å². The number of hydrogen-bond acceptors (Lipinski definition) is 6. The maximum atomic E-state index is 12.1. The van der Waals surface area contributed by atoms with Crippen LogP contribution < -0.4 is 10.0 Å². The van der Waals surface area contributed by atoms with Gasteiger partial charge < -0.3 is 14.8 Å². The van der Waals surface area contributed by atoms with Crippen molar-refractivity contribution < 1.29 is 27.5 Å². The van der Waals surface area contributed by atoms with Gasteiger partial charge in [-0.1, -0.05) is 0 Å². The smallest absolute Gasteiger partial charge is 0.338 e. The molecule has 0 aliphatic rings. The first-order chi connectivity index (χ1) is 10.8. The molecule has 0 aliphatic carbocycles. The molecule has 0 aromatic heterocycles. The molecule has 1 aromatic rings. The summed E-state index contributed by atoms with van der Waals surface area (Å²) in [4.78, 5) is 22.7. The number of likely N-dealkylation sites (N-methyl/N-ethyl adjacent to an activating group) is 1. The number of nitrogens with one attached hydrogen (secondary N) is 2. The molecule has 0 spiro atoms. The zero-order valence-corrected chi connectivity index (χ0v) is 14.0. The van der Waals surface area contributed by atoms with Gasteiger partial charge in [0, 0.05) is 20.2 Å². The SMILES string of the molecule is CNC(=O)COC(=O)c1ccc(S(=O)(=O)N[C@@H](C)COC)cc1. The first-order valence-electron chi connectivity index (χ1n) is 6.79. The van der Waals surface area contributed by atoms with Gasteiger partial charge in [0.25, 0.3) is 5.91 Å². The summed E-state index contributed by atoms with van der Waals surface area (Å²) in [5, 5.41) is 2.32. The van der Waals surface area contributed by atoms with Gasteiger partial charge in [-0.05, 0) is 31.2 Å². The van der Waals surface area contributed by atoms with Crippen LogP contribution in [0.1, 0.15) is 17.3 Å². The quantitative estimate of drug-likeness (QED) is 0.637. The maximum Gasteiger partial charge on any atom is 0.338 e. The standard InChI is InChI=1S/C14H20N2O6S/c1-10(8-21-3)16-23(19,20)12-6-4-11(5-7-12)14(18)22-9-13(17)15-2/h4-7,10,16H,8-9H2,1-3H3,(H,15,17)/t10-/m0/s1. The Labute approximate surface area is 135 Å². The minimum absolute atomic E-state index is 0.0169. The summed E-state index contributed by atoms with van der Waals surface area (Å²) in [6, 6.07) is 4.84. The van der Waals surface area contributed by atoms with Crippen molar-refractivity contribution in [1.82, 2.24) is 10.0 Å². The van der Waals surface area contributed by atoms with E-state index in [1.54, 1.807) is 6.92 Å². The number of carbonyl (C=O) groups excluding carboxylic acids is 2. The first-order valence-corrected chi connectivity index (χ1v) is 8.27. The molecule has 1 rings (SSSR count). The number of hydrogen-bond donors (Lipinski definition) is 2. The van der Waals surface area contributed by atoms with Gasteiger partial charge in [0.05, 0.1) is 17.1 Å². The summed E-state index contributed by atoms with van der Waals surface area (Å²) in [6.45, 7) is 1.51. The van der Waals surface area contributed by atoms with E-state index in [1.165, 1.54) is 38.4 Å². The predicted molar refractivity (Wildman–Crippen MR) is 82.5 cm³/mol. The molecule has 0 saturated carbocycles. The summed E-state index contributed by atoms with van der Waals surface area (Å²) in [5.41, 5.74) is 0.151. The Kier molecular flexibility index (Phi) is 7.14. The van der Waals surface area contributed by atoms with E-state index in [4.69, 9.17) is 9.47 Å². The van der Waals surface area contributed by atoms with E-state index >= 15 is 0 Å². The van der Waals surface area contributed by atoms with Crippen molar-refractivity contribution in [3.8, 4) is 0 Å². The Morgan fingerprint density at radius 1 is 1.22 bits per heavy atom. The molecule has 0 heterocycles. The van der Waals surface area contributed by atoms with Crippen LogP contribution in [0.4, 0.5) is 0 Å². The average Bonchev–Trinajstić information content (AvgIpc) is 2.52. The normalized spacial score (nSPS) is 12.5. The van der Waals surface area contributed by atoms with E-state index in [9.17, 15) is 18.0 Å². The molecule has 2 N–H and O–H groups in total. The summed E-state index contributed by atoms with van der Waals surface area (Å²) in [7, 11) is -0.800. The van der Waals surface area contributed by atoms with E-state index in [2.05, 4.69) is 10.0 Å². The molecular weight excluding hydrogens is 324 g/mol. The zero-order chi connectivity index (χ0) is 17.5. The van der Waals surface area contributed by atoms with Crippen LogP contribution in [0.2, 0.25) is 0 Å². The lowest BCUT2D eigenvalue weighted by Gasteiger charge is -2.13. The molecule has 1 atom stereocenters. The van der Waals surface area contributed by atoms with Crippen molar-refractivity contribution in [3.05, 3.63) is 29.8 Å². The number of sulfonamides is 1. The molecule has 0 saturated heterocycles. The third-order valence-electron chi connectivity index (χ3n) is 2.79. The van der Waals surface area contributed by atoms with Crippen LogP contribution >= 0.6 is 0 Å². The van der Waals surface area contributed by atoms with Crippen molar-refractivity contribution >= 4 is 21.9 Å². The topological polar surface area (TPSA) is 111 Å². The van der Waals surface area contributed by atoms with Gasteiger partial charge in [-0.25, -0.2) is 17.9 Å². The number of esters is 1. The average molecular weight is 344 g/mol. The summed E-state index contributed by atoms with van der Waals surface area (Å²) in [5.74, 6) is -1.15. The Morgan fingerprint density at radius 2 is 1.83 bits per heavy atom. The molecule has 0 aliphatic heterocycles. The number of ether oxygens (including phenoxy) is 2. The molecule has 23 heavy (non-hydrogen) atoms. The lowest BCUT2D eigenvalue weighted by atomic mass is 10.2. The van der Waals surface area contributed by atoms with Crippen LogP contribution in [0.25, 0.3) is 0 Å². The predicted octanol–water partition coefficient (Wildman–Crippen LogP) is -0.0974. The molecule has 8 nitrogen and oxygen atoms in total. The lowest BCUT2D eigenvalue weighted by Crippen LogP contribution is -2.35. The fraction of sp³-hybridized carbons (Fsp3) is 0.429.